The zero-order chi connectivity index (χ0) is 18.8. The molecule has 0 bridgehead atoms. The number of non-ortho nitro benzene ring substituents is 1. The van der Waals surface area contributed by atoms with Gasteiger partial charge in [-0.25, -0.2) is 0 Å². The zero-order valence-electron chi connectivity index (χ0n) is 14.6. The standard InChI is InChI=1S/C19H19N3O4/c1-12-6-13(2)8-15(7-12)20-19(24)14-9-18(23)21(11-14)16-4-3-5-17(10-16)22(25)26/h3-8,10,14H,9,11H2,1-2H3,(H,20,24). The third-order valence-corrected chi connectivity index (χ3v) is 4.34. The van der Waals surface area contributed by atoms with Crippen molar-refractivity contribution in [2.45, 2.75) is 20.3 Å². The predicted octanol–water partition coefficient (Wildman–Crippen LogP) is 3.20. The van der Waals surface area contributed by atoms with E-state index in [-0.39, 0.29) is 30.5 Å². The SMILES string of the molecule is Cc1cc(C)cc(NC(=O)C2CC(=O)N(c3cccc([N+](=O)[O-])c3)C2)c1. The van der Waals surface area contributed by atoms with Gasteiger partial charge in [0, 0.05) is 30.8 Å². The fourth-order valence-corrected chi connectivity index (χ4v) is 3.20. The highest BCUT2D eigenvalue weighted by Crippen LogP contribution is 2.28. The molecule has 1 aliphatic heterocycles. The van der Waals surface area contributed by atoms with Crippen molar-refractivity contribution in [3.05, 3.63) is 63.7 Å². The van der Waals surface area contributed by atoms with Crippen LogP contribution in [0.3, 0.4) is 0 Å². The molecule has 1 unspecified atom stereocenters. The van der Waals surface area contributed by atoms with E-state index in [0.717, 1.165) is 11.1 Å². The van der Waals surface area contributed by atoms with Crippen molar-refractivity contribution < 1.29 is 14.5 Å². The van der Waals surface area contributed by atoms with Crippen LogP contribution in [0.5, 0.6) is 0 Å². The third-order valence-electron chi connectivity index (χ3n) is 4.34. The molecule has 0 aromatic heterocycles. The number of anilines is 2. The minimum Gasteiger partial charge on any atom is -0.326 e. The lowest BCUT2D eigenvalue weighted by atomic mass is 10.1. The Bertz CT molecular complexity index is 874. The molecule has 1 heterocycles. The lowest BCUT2D eigenvalue weighted by Crippen LogP contribution is -2.28. The second-order valence-corrected chi connectivity index (χ2v) is 6.55. The molecule has 2 aromatic rings. The summed E-state index contributed by atoms with van der Waals surface area (Å²) in [7, 11) is 0. The van der Waals surface area contributed by atoms with Gasteiger partial charge >= 0.3 is 0 Å². The highest BCUT2D eigenvalue weighted by Gasteiger charge is 2.35. The van der Waals surface area contributed by atoms with Crippen LogP contribution in [-0.4, -0.2) is 23.3 Å². The average Bonchev–Trinajstić information content (AvgIpc) is 2.96. The summed E-state index contributed by atoms with van der Waals surface area (Å²) in [5, 5.41) is 13.8. The summed E-state index contributed by atoms with van der Waals surface area (Å²) >= 11 is 0. The molecule has 1 atom stereocenters. The first-order valence-corrected chi connectivity index (χ1v) is 8.27. The highest BCUT2D eigenvalue weighted by atomic mass is 16.6. The number of nitrogens with zero attached hydrogens (tertiary/aromatic N) is 2. The largest absolute Gasteiger partial charge is 0.326 e. The Morgan fingerprint density at radius 1 is 1.19 bits per heavy atom. The summed E-state index contributed by atoms with van der Waals surface area (Å²) in [6.07, 6.45) is 0.0827. The number of amides is 2. The van der Waals surface area contributed by atoms with Gasteiger partial charge in [0.25, 0.3) is 5.69 Å². The second kappa shape index (κ2) is 6.95. The van der Waals surface area contributed by atoms with E-state index in [0.29, 0.717) is 11.4 Å². The summed E-state index contributed by atoms with van der Waals surface area (Å²) in [5.41, 5.74) is 3.14. The number of carbonyl (C=O) groups excluding carboxylic acids is 2. The normalized spacial score (nSPS) is 16.6. The Morgan fingerprint density at radius 3 is 2.54 bits per heavy atom. The van der Waals surface area contributed by atoms with Gasteiger partial charge in [0.15, 0.2) is 0 Å². The highest BCUT2D eigenvalue weighted by molar-refractivity contribution is 6.03. The molecule has 1 N–H and O–H groups in total. The van der Waals surface area contributed by atoms with Crippen molar-refractivity contribution in [3.8, 4) is 0 Å². The average molecular weight is 353 g/mol. The number of rotatable bonds is 4. The van der Waals surface area contributed by atoms with Crippen molar-refractivity contribution in [2.75, 3.05) is 16.8 Å². The Kier molecular flexibility index (Phi) is 4.71. The summed E-state index contributed by atoms with van der Waals surface area (Å²) in [6, 6.07) is 11.6. The number of nitro benzene ring substituents is 1. The monoisotopic (exact) mass is 353 g/mol. The van der Waals surface area contributed by atoms with Crippen LogP contribution in [0, 0.1) is 29.9 Å². The van der Waals surface area contributed by atoms with E-state index in [1.54, 1.807) is 6.07 Å². The zero-order valence-corrected chi connectivity index (χ0v) is 14.6. The summed E-state index contributed by atoms with van der Waals surface area (Å²) in [4.78, 5) is 36.7. The molecule has 1 fully saturated rings. The van der Waals surface area contributed by atoms with Gasteiger partial charge in [-0.2, -0.15) is 0 Å². The summed E-state index contributed by atoms with van der Waals surface area (Å²) in [5.74, 6) is -0.940. The number of hydrogen-bond donors (Lipinski definition) is 1. The van der Waals surface area contributed by atoms with Crippen LogP contribution in [0.25, 0.3) is 0 Å². The molecule has 3 rings (SSSR count). The number of aryl methyl sites for hydroxylation is 2. The molecule has 1 saturated heterocycles. The van der Waals surface area contributed by atoms with Gasteiger partial charge < -0.3 is 10.2 Å². The molecule has 0 spiro atoms. The quantitative estimate of drug-likeness (QED) is 0.675. The third kappa shape index (κ3) is 3.72. The Labute approximate surface area is 150 Å². The molecule has 26 heavy (non-hydrogen) atoms. The smallest absolute Gasteiger partial charge is 0.271 e. The van der Waals surface area contributed by atoms with Gasteiger partial charge in [-0.05, 0) is 43.2 Å². The van der Waals surface area contributed by atoms with E-state index in [1.807, 2.05) is 32.0 Å². The van der Waals surface area contributed by atoms with Crippen molar-refractivity contribution in [1.29, 1.82) is 0 Å². The Morgan fingerprint density at radius 2 is 1.88 bits per heavy atom. The van der Waals surface area contributed by atoms with E-state index in [1.165, 1.54) is 23.1 Å². The van der Waals surface area contributed by atoms with Crippen molar-refractivity contribution in [1.82, 2.24) is 0 Å². The van der Waals surface area contributed by atoms with Crippen LogP contribution in [0.4, 0.5) is 17.1 Å². The van der Waals surface area contributed by atoms with Crippen molar-refractivity contribution in [2.24, 2.45) is 5.92 Å². The number of benzene rings is 2. The van der Waals surface area contributed by atoms with E-state index >= 15 is 0 Å². The van der Waals surface area contributed by atoms with Gasteiger partial charge in [0.1, 0.15) is 0 Å². The molecule has 2 amide bonds. The maximum Gasteiger partial charge on any atom is 0.271 e. The number of hydrogen-bond acceptors (Lipinski definition) is 4. The number of carbonyl (C=O) groups is 2. The second-order valence-electron chi connectivity index (χ2n) is 6.55. The van der Waals surface area contributed by atoms with Crippen molar-refractivity contribution >= 4 is 28.9 Å². The van der Waals surface area contributed by atoms with Gasteiger partial charge in [-0.15, -0.1) is 0 Å². The first-order chi connectivity index (χ1) is 12.3. The van der Waals surface area contributed by atoms with Crippen LogP contribution in [0.1, 0.15) is 17.5 Å². The molecule has 7 heteroatoms. The molecule has 7 nitrogen and oxygen atoms in total. The topological polar surface area (TPSA) is 92.6 Å². The van der Waals surface area contributed by atoms with E-state index in [2.05, 4.69) is 5.32 Å². The van der Waals surface area contributed by atoms with Crippen LogP contribution in [-0.2, 0) is 9.59 Å². The maximum atomic E-state index is 12.5. The number of nitro groups is 1. The van der Waals surface area contributed by atoms with Crippen LogP contribution < -0.4 is 10.2 Å². The maximum absolute atomic E-state index is 12.5. The fourth-order valence-electron chi connectivity index (χ4n) is 3.20. The summed E-state index contributed by atoms with van der Waals surface area (Å²) in [6.45, 7) is 4.11. The van der Waals surface area contributed by atoms with E-state index in [9.17, 15) is 19.7 Å². The van der Waals surface area contributed by atoms with Crippen molar-refractivity contribution in [3.63, 3.8) is 0 Å². The van der Waals surface area contributed by atoms with Crippen LogP contribution in [0.2, 0.25) is 0 Å². The first-order valence-electron chi connectivity index (χ1n) is 8.27. The molecule has 0 saturated carbocycles. The molecular weight excluding hydrogens is 334 g/mol. The molecule has 0 radical (unpaired) electrons. The molecule has 2 aromatic carbocycles. The Balaban J connectivity index is 1.73. The summed E-state index contributed by atoms with van der Waals surface area (Å²) < 4.78 is 0. The predicted molar refractivity (Wildman–Crippen MR) is 98.1 cm³/mol. The van der Waals surface area contributed by atoms with Gasteiger partial charge in [0.05, 0.1) is 16.5 Å². The Hall–Kier alpha value is -3.22. The lowest BCUT2D eigenvalue weighted by Gasteiger charge is -2.16. The van der Waals surface area contributed by atoms with Crippen LogP contribution in [0.15, 0.2) is 42.5 Å². The molecular formula is C19H19N3O4. The minimum absolute atomic E-state index is 0.0827. The molecule has 0 aliphatic carbocycles. The molecule has 134 valence electrons. The minimum atomic E-state index is -0.506. The van der Waals surface area contributed by atoms with E-state index in [4.69, 9.17) is 0 Å². The lowest BCUT2D eigenvalue weighted by molar-refractivity contribution is -0.384. The fraction of sp³-hybridized carbons (Fsp3) is 0.263. The van der Waals surface area contributed by atoms with Gasteiger partial charge in [-0.1, -0.05) is 12.1 Å². The van der Waals surface area contributed by atoms with Crippen LogP contribution >= 0.6 is 0 Å². The van der Waals surface area contributed by atoms with Gasteiger partial charge in [-0.3, -0.25) is 19.7 Å². The first kappa shape index (κ1) is 17.6. The van der Waals surface area contributed by atoms with Gasteiger partial charge in [0.2, 0.25) is 11.8 Å². The van der Waals surface area contributed by atoms with E-state index < -0.39 is 10.8 Å². The molecule has 1 aliphatic rings. The number of nitrogens with one attached hydrogen (secondary N) is 1.